The van der Waals surface area contributed by atoms with Gasteiger partial charge in [0.05, 0.1) is 10.6 Å². The molecule has 0 fully saturated rings. The highest BCUT2D eigenvalue weighted by atomic mass is 32.2. The maximum Gasteiger partial charge on any atom is 0.335 e. The lowest BCUT2D eigenvalue weighted by atomic mass is 10.1. The molecular weight excluding hydrogens is 326 g/mol. The van der Waals surface area contributed by atoms with Crippen molar-refractivity contribution < 1.29 is 19.8 Å². The first-order chi connectivity index (χ1) is 11.4. The number of aromatic carboxylic acids is 1. The van der Waals surface area contributed by atoms with E-state index in [9.17, 15) is 14.7 Å². The second-order valence-electron chi connectivity index (χ2n) is 5.08. The van der Waals surface area contributed by atoms with Crippen LogP contribution in [0.1, 0.15) is 26.3 Å². The molecule has 0 heterocycles. The van der Waals surface area contributed by atoms with Crippen molar-refractivity contribution in [2.45, 2.75) is 6.92 Å². The number of phenolic OH excluding ortho intramolecular Hbond substituents is 1. The van der Waals surface area contributed by atoms with Gasteiger partial charge in [0.25, 0.3) is 0 Å². The highest BCUT2D eigenvalue weighted by Crippen LogP contribution is 2.24. The lowest BCUT2D eigenvalue weighted by Gasteiger charge is -2.11. The predicted molar refractivity (Wildman–Crippen MR) is 95.8 cm³/mol. The van der Waals surface area contributed by atoms with Crippen molar-refractivity contribution in [3.8, 4) is 5.75 Å². The van der Waals surface area contributed by atoms with Crippen molar-refractivity contribution in [1.82, 2.24) is 0 Å². The molecule has 0 aliphatic heterocycles. The number of benzene rings is 2. The lowest BCUT2D eigenvalue weighted by molar-refractivity contribution is 0.0696. The molecule has 124 valence electrons. The van der Waals surface area contributed by atoms with Gasteiger partial charge in [0, 0.05) is 17.3 Å². The lowest BCUT2D eigenvalue weighted by Crippen LogP contribution is -2.03. The number of rotatable bonds is 6. The molecule has 0 atom stereocenters. The first-order valence-corrected chi connectivity index (χ1v) is 8.33. The van der Waals surface area contributed by atoms with Gasteiger partial charge in [0.2, 0.25) is 0 Å². The number of aromatic hydroxyl groups is 1. The zero-order valence-corrected chi connectivity index (χ0v) is 14.1. The summed E-state index contributed by atoms with van der Waals surface area (Å²) in [4.78, 5) is 23.1. The van der Waals surface area contributed by atoms with Crippen molar-refractivity contribution >= 4 is 29.2 Å². The van der Waals surface area contributed by atoms with E-state index in [4.69, 9.17) is 5.11 Å². The monoisotopic (exact) mass is 343 g/mol. The molecule has 6 heteroatoms. The molecule has 2 aromatic carbocycles. The summed E-state index contributed by atoms with van der Waals surface area (Å²) in [7, 11) is 0. The molecule has 0 aromatic heterocycles. The maximum atomic E-state index is 12.3. The molecule has 0 radical (unpaired) electrons. The van der Waals surface area contributed by atoms with E-state index in [1.807, 2.05) is 13.2 Å². The number of carboxylic acids is 1. The third kappa shape index (κ3) is 4.39. The minimum atomic E-state index is -1.03. The molecule has 5 nitrogen and oxygen atoms in total. The van der Waals surface area contributed by atoms with Crippen molar-refractivity contribution in [1.29, 1.82) is 0 Å². The number of aryl methyl sites for hydroxylation is 1. The molecule has 2 aromatic rings. The second kappa shape index (κ2) is 7.70. The number of ketones is 1. The number of phenols is 1. The molecule has 2 rings (SSSR count). The van der Waals surface area contributed by atoms with Crippen LogP contribution in [-0.4, -0.2) is 28.2 Å². The average Bonchev–Trinajstić information content (AvgIpc) is 2.56. The van der Waals surface area contributed by atoms with Gasteiger partial charge in [-0.25, -0.2) is 4.79 Å². The van der Waals surface area contributed by atoms with Gasteiger partial charge in [-0.3, -0.25) is 4.79 Å². The van der Waals surface area contributed by atoms with Gasteiger partial charge in [0.1, 0.15) is 5.75 Å². The number of hydrogen-bond acceptors (Lipinski definition) is 5. The summed E-state index contributed by atoms with van der Waals surface area (Å²) in [5.74, 6) is -1.07. The number of hydrogen-bond donors (Lipinski definition) is 3. The Labute approximate surface area is 144 Å². The molecule has 0 aliphatic rings. The van der Waals surface area contributed by atoms with Gasteiger partial charge < -0.3 is 15.5 Å². The smallest absolute Gasteiger partial charge is 0.335 e. The van der Waals surface area contributed by atoms with Crippen molar-refractivity contribution in [2.24, 2.45) is 0 Å². The number of carboxylic acid groups (broad SMARTS) is 1. The molecular formula is C18H17NO4S. The van der Waals surface area contributed by atoms with Gasteiger partial charge in [-0.2, -0.15) is 0 Å². The van der Waals surface area contributed by atoms with Crippen LogP contribution in [0.25, 0.3) is 0 Å². The quantitative estimate of drug-likeness (QED) is 0.419. The highest BCUT2D eigenvalue weighted by Gasteiger charge is 2.08. The summed E-state index contributed by atoms with van der Waals surface area (Å²) in [6, 6.07) is 10.7. The van der Waals surface area contributed by atoms with E-state index in [0.717, 1.165) is 11.3 Å². The Hall–Kier alpha value is -2.73. The molecule has 0 spiro atoms. The van der Waals surface area contributed by atoms with E-state index in [1.165, 1.54) is 42.1 Å². The van der Waals surface area contributed by atoms with Crippen LogP contribution in [0.3, 0.4) is 0 Å². The summed E-state index contributed by atoms with van der Waals surface area (Å²) in [5.41, 5.74) is 2.20. The number of allylic oxidation sites excluding steroid dienone is 1. The summed E-state index contributed by atoms with van der Waals surface area (Å²) < 4.78 is 0. The molecule has 0 amide bonds. The third-order valence-electron chi connectivity index (χ3n) is 3.37. The largest absolute Gasteiger partial charge is 0.508 e. The first kappa shape index (κ1) is 17.6. The zero-order valence-electron chi connectivity index (χ0n) is 13.2. The van der Waals surface area contributed by atoms with Crippen LogP contribution in [0, 0.1) is 6.92 Å². The van der Waals surface area contributed by atoms with Gasteiger partial charge in [0.15, 0.2) is 5.78 Å². The van der Waals surface area contributed by atoms with Crippen molar-refractivity contribution in [2.75, 3.05) is 11.6 Å². The highest BCUT2D eigenvalue weighted by molar-refractivity contribution is 8.02. The Kier molecular flexibility index (Phi) is 5.65. The van der Waals surface area contributed by atoms with Crippen LogP contribution in [0.2, 0.25) is 0 Å². The van der Waals surface area contributed by atoms with Crippen LogP contribution in [-0.2, 0) is 0 Å². The topological polar surface area (TPSA) is 86.6 Å². The minimum Gasteiger partial charge on any atom is -0.508 e. The standard InChI is InChI=1S/C18H17NO4S/c1-11-9-14(20)7-8-15(11)19-17(24-2)10-16(21)12-3-5-13(6-4-12)18(22)23/h3-10,19-20H,1-2H3,(H,22,23)/b17-10-. The molecule has 0 aliphatic carbocycles. The maximum absolute atomic E-state index is 12.3. The predicted octanol–water partition coefficient (Wildman–Crippen LogP) is 3.90. The average molecular weight is 343 g/mol. The fourth-order valence-electron chi connectivity index (χ4n) is 2.05. The van der Waals surface area contributed by atoms with Crippen LogP contribution < -0.4 is 5.32 Å². The Morgan fingerprint density at radius 1 is 1.08 bits per heavy atom. The van der Waals surface area contributed by atoms with Crippen LogP contribution >= 0.6 is 11.8 Å². The van der Waals surface area contributed by atoms with Crippen molar-refractivity contribution in [3.05, 3.63) is 70.3 Å². The summed E-state index contributed by atoms with van der Waals surface area (Å²) >= 11 is 1.38. The van der Waals surface area contributed by atoms with E-state index in [1.54, 1.807) is 18.2 Å². The van der Waals surface area contributed by atoms with Gasteiger partial charge >= 0.3 is 5.97 Å². The fourth-order valence-corrected chi connectivity index (χ4v) is 2.48. The Bertz CT molecular complexity index is 797. The SMILES string of the molecule is CS/C(=C\C(=O)c1ccc(C(=O)O)cc1)Nc1ccc(O)cc1C. The zero-order chi connectivity index (χ0) is 17.7. The first-order valence-electron chi connectivity index (χ1n) is 7.10. The van der Waals surface area contributed by atoms with Gasteiger partial charge in [-0.1, -0.05) is 12.1 Å². The van der Waals surface area contributed by atoms with E-state index in [0.29, 0.717) is 10.6 Å². The Morgan fingerprint density at radius 2 is 1.71 bits per heavy atom. The van der Waals surface area contributed by atoms with E-state index in [2.05, 4.69) is 5.32 Å². The molecule has 3 N–H and O–H groups in total. The number of thioether (sulfide) groups is 1. The van der Waals surface area contributed by atoms with Gasteiger partial charge in [-0.05, 0) is 49.1 Å². The third-order valence-corrected chi connectivity index (χ3v) is 4.03. The number of anilines is 1. The molecule has 24 heavy (non-hydrogen) atoms. The molecule has 0 unspecified atom stereocenters. The van der Waals surface area contributed by atoms with E-state index in [-0.39, 0.29) is 17.1 Å². The fraction of sp³-hybridized carbons (Fsp3) is 0.111. The summed E-state index contributed by atoms with van der Waals surface area (Å²) in [5, 5.41) is 22.1. The van der Waals surface area contributed by atoms with Gasteiger partial charge in [-0.15, -0.1) is 11.8 Å². The molecule has 0 saturated heterocycles. The van der Waals surface area contributed by atoms with E-state index < -0.39 is 5.97 Å². The summed E-state index contributed by atoms with van der Waals surface area (Å²) in [6.07, 6.45) is 3.31. The molecule has 0 bridgehead atoms. The molecule has 0 saturated carbocycles. The van der Waals surface area contributed by atoms with E-state index >= 15 is 0 Å². The Morgan fingerprint density at radius 3 is 2.25 bits per heavy atom. The number of carbonyl (C=O) groups excluding carboxylic acids is 1. The second-order valence-corrected chi connectivity index (χ2v) is 5.93. The normalized spacial score (nSPS) is 11.2. The van der Waals surface area contributed by atoms with Crippen molar-refractivity contribution in [3.63, 3.8) is 0 Å². The number of carbonyl (C=O) groups is 2. The number of nitrogens with one attached hydrogen (secondary N) is 1. The van der Waals surface area contributed by atoms with Crippen LogP contribution in [0.15, 0.2) is 53.6 Å². The summed E-state index contributed by atoms with van der Waals surface area (Å²) in [6.45, 7) is 1.85. The van der Waals surface area contributed by atoms with Crippen LogP contribution in [0.5, 0.6) is 5.75 Å². The Balaban J connectivity index is 2.19. The minimum absolute atomic E-state index is 0.137. The van der Waals surface area contributed by atoms with Crippen LogP contribution in [0.4, 0.5) is 5.69 Å².